The number of rotatable bonds is 1. The minimum atomic E-state index is -0.743. The Morgan fingerprint density at radius 2 is 2.31 bits per heavy atom. The van der Waals surface area contributed by atoms with E-state index in [0.29, 0.717) is 13.0 Å². The summed E-state index contributed by atoms with van der Waals surface area (Å²) in [6, 6.07) is 5.03. The second-order valence-corrected chi connectivity index (χ2v) is 4.55. The van der Waals surface area contributed by atoms with Crippen LogP contribution in [0.2, 0.25) is 0 Å². The van der Waals surface area contributed by atoms with E-state index >= 15 is 0 Å². The van der Waals surface area contributed by atoms with Crippen molar-refractivity contribution >= 4 is 11.7 Å². The zero-order chi connectivity index (χ0) is 11.3. The van der Waals surface area contributed by atoms with Crippen LogP contribution in [0.4, 0.5) is 10.1 Å². The van der Waals surface area contributed by atoms with Crippen LogP contribution < -0.4 is 4.90 Å². The van der Waals surface area contributed by atoms with E-state index in [1.54, 1.807) is 6.07 Å². The monoisotopic (exact) mass is 221 g/mol. The number of hydrogen-bond acceptors (Lipinski definition) is 2. The summed E-state index contributed by atoms with van der Waals surface area (Å²) < 4.78 is 13.1. The normalized spacial score (nSPS) is 26.7. The fraction of sp³-hybridized carbons (Fsp3) is 0.417. The molecule has 1 N–H and O–H groups in total. The lowest BCUT2D eigenvalue weighted by Gasteiger charge is -2.18. The van der Waals surface area contributed by atoms with Gasteiger partial charge in [0.25, 0.3) is 0 Å². The summed E-state index contributed by atoms with van der Waals surface area (Å²) in [6.07, 6.45) is 1.52. The van der Waals surface area contributed by atoms with E-state index in [0.717, 1.165) is 17.7 Å². The van der Waals surface area contributed by atoms with Crippen molar-refractivity contribution in [2.45, 2.75) is 18.9 Å². The van der Waals surface area contributed by atoms with E-state index in [-0.39, 0.29) is 17.8 Å². The van der Waals surface area contributed by atoms with Gasteiger partial charge in [0.2, 0.25) is 0 Å². The summed E-state index contributed by atoms with van der Waals surface area (Å²) in [4.78, 5) is 12.9. The molecule has 16 heavy (non-hydrogen) atoms. The van der Waals surface area contributed by atoms with Gasteiger partial charge in [0.05, 0.1) is 5.92 Å². The van der Waals surface area contributed by atoms with E-state index in [4.69, 9.17) is 5.11 Å². The molecule has 0 spiro atoms. The maximum Gasteiger partial charge on any atom is 0.308 e. The molecule has 3 rings (SSSR count). The van der Waals surface area contributed by atoms with Crippen molar-refractivity contribution in [2.75, 3.05) is 11.4 Å². The van der Waals surface area contributed by atoms with Gasteiger partial charge in [-0.2, -0.15) is 0 Å². The molecule has 84 valence electrons. The van der Waals surface area contributed by atoms with Crippen LogP contribution in [-0.2, 0) is 11.2 Å². The van der Waals surface area contributed by atoms with Crippen LogP contribution in [-0.4, -0.2) is 23.7 Å². The molecule has 2 aliphatic rings. The second kappa shape index (κ2) is 3.20. The minimum absolute atomic E-state index is 0.248. The molecule has 1 aromatic rings. The van der Waals surface area contributed by atoms with Crippen LogP contribution >= 0.6 is 0 Å². The van der Waals surface area contributed by atoms with E-state index < -0.39 is 5.97 Å². The minimum Gasteiger partial charge on any atom is -0.481 e. The predicted molar refractivity (Wildman–Crippen MR) is 57.0 cm³/mol. The van der Waals surface area contributed by atoms with Gasteiger partial charge in [-0.15, -0.1) is 0 Å². The smallest absolute Gasteiger partial charge is 0.308 e. The summed E-state index contributed by atoms with van der Waals surface area (Å²) in [5.41, 5.74) is 2.02. The molecule has 4 heteroatoms. The zero-order valence-corrected chi connectivity index (χ0v) is 8.69. The SMILES string of the molecule is O=C(O)C1CC2Cc3ccc(F)cc3N2C1. The third-order valence-corrected chi connectivity index (χ3v) is 3.58. The average molecular weight is 221 g/mol. The molecular weight excluding hydrogens is 209 g/mol. The molecule has 0 saturated carbocycles. The van der Waals surface area contributed by atoms with E-state index in [1.165, 1.54) is 12.1 Å². The van der Waals surface area contributed by atoms with Crippen LogP contribution in [0.5, 0.6) is 0 Å². The van der Waals surface area contributed by atoms with E-state index in [2.05, 4.69) is 0 Å². The second-order valence-electron chi connectivity index (χ2n) is 4.55. The molecule has 0 aromatic heterocycles. The third kappa shape index (κ3) is 1.29. The van der Waals surface area contributed by atoms with Gasteiger partial charge in [0.15, 0.2) is 0 Å². The summed E-state index contributed by atoms with van der Waals surface area (Å²) >= 11 is 0. The average Bonchev–Trinajstić information content (AvgIpc) is 2.75. The number of benzene rings is 1. The Balaban J connectivity index is 1.93. The Morgan fingerprint density at radius 3 is 3.06 bits per heavy atom. The molecule has 0 radical (unpaired) electrons. The number of nitrogens with zero attached hydrogens (tertiary/aromatic N) is 1. The molecule has 2 atom stereocenters. The quantitative estimate of drug-likeness (QED) is 0.784. The molecule has 2 heterocycles. The lowest BCUT2D eigenvalue weighted by Crippen LogP contribution is -2.25. The Labute approximate surface area is 92.5 Å². The summed E-state index contributed by atoms with van der Waals surface area (Å²) in [6.45, 7) is 0.510. The number of aliphatic carboxylic acids is 1. The first kappa shape index (κ1) is 9.63. The van der Waals surface area contributed by atoms with Crippen LogP contribution in [0, 0.1) is 11.7 Å². The Hall–Kier alpha value is -1.58. The first-order valence-corrected chi connectivity index (χ1v) is 5.43. The van der Waals surface area contributed by atoms with Gasteiger partial charge in [-0.1, -0.05) is 6.07 Å². The van der Waals surface area contributed by atoms with Crippen molar-refractivity contribution in [1.82, 2.24) is 0 Å². The molecule has 1 saturated heterocycles. The van der Waals surface area contributed by atoms with Gasteiger partial charge < -0.3 is 10.0 Å². The van der Waals surface area contributed by atoms with Crippen LogP contribution in [0.15, 0.2) is 18.2 Å². The Bertz CT molecular complexity index is 460. The van der Waals surface area contributed by atoms with Crippen molar-refractivity contribution in [3.8, 4) is 0 Å². The summed E-state index contributed by atoms with van der Waals surface area (Å²) in [5, 5.41) is 8.97. The first-order chi connectivity index (χ1) is 7.65. The van der Waals surface area contributed by atoms with Gasteiger partial charge in [0, 0.05) is 18.3 Å². The highest BCUT2D eigenvalue weighted by atomic mass is 19.1. The molecule has 0 aliphatic carbocycles. The standard InChI is InChI=1S/C12H12FNO2/c13-9-2-1-7-3-10-4-8(12(15)16)6-14(10)11(7)5-9/h1-2,5,8,10H,3-4,6H2,(H,15,16). The highest BCUT2D eigenvalue weighted by molar-refractivity contribution is 5.73. The number of carboxylic acid groups (broad SMARTS) is 1. The number of anilines is 1. The van der Waals surface area contributed by atoms with Gasteiger partial charge in [-0.25, -0.2) is 4.39 Å². The predicted octanol–water partition coefficient (Wildman–Crippen LogP) is 1.66. The van der Waals surface area contributed by atoms with Crippen molar-refractivity contribution in [1.29, 1.82) is 0 Å². The molecule has 3 nitrogen and oxygen atoms in total. The number of carbonyl (C=O) groups is 1. The molecule has 1 aromatic carbocycles. The molecule has 2 unspecified atom stereocenters. The van der Waals surface area contributed by atoms with Gasteiger partial charge in [0.1, 0.15) is 5.82 Å². The van der Waals surface area contributed by atoms with Crippen LogP contribution in [0.25, 0.3) is 0 Å². The third-order valence-electron chi connectivity index (χ3n) is 3.58. The van der Waals surface area contributed by atoms with Gasteiger partial charge in [-0.3, -0.25) is 4.79 Å². The van der Waals surface area contributed by atoms with Crippen LogP contribution in [0.3, 0.4) is 0 Å². The summed E-state index contributed by atoms with van der Waals surface area (Å²) in [5.74, 6) is -1.30. The van der Waals surface area contributed by atoms with Gasteiger partial charge >= 0.3 is 5.97 Å². The zero-order valence-electron chi connectivity index (χ0n) is 8.69. The number of halogens is 1. The van der Waals surface area contributed by atoms with Gasteiger partial charge in [-0.05, 0) is 30.5 Å². The Morgan fingerprint density at radius 1 is 1.50 bits per heavy atom. The Kier molecular flexibility index (Phi) is 1.93. The van der Waals surface area contributed by atoms with Crippen molar-refractivity contribution in [3.63, 3.8) is 0 Å². The number of fused-ring (bicyclic) bond motifs is 3. The largest absolute Gasteiger partial charge is 0.481 e. The van der Waals surface area contributed by atoms with Crippen molar-refractivity contribution < 1.29 is 14.3 Å². The molecule has 0 bridgehead atoms. The van der Waals surface area contributed by atoms with Crippen molar-refractivity contribution in [3.05, 3.63) is 29.6 Å². The maximum atomic E-state index is 13.1. The molecule has 2 aliphatic heterocycles. The topological polar surface area (TPSA) is 40.5 Å². The highest BCUT2D eigenvalue weighted by Gasteiger charge is 2.40. The fourth-order valence-corrected chi connectivity index (χ4v) is 2.82. The molecule has 0 amide bonds. The van der Waals surface area contributed by atoms with E-state index in [1.807, 2.05) is 4.90 Å². The van der Waals surface area contributed by atoms with Crippen molar-refractivity contribution in [2.24, 2.45) is 5.92 Å². The highest BCUT2D eigenvalue weighted by Crippen LogP contribution is 2.40. The maximum absolute atomic E-state index is 13.1. The lowest BCUT2D eigenvalue weighted by molar-refractivity contribution is -0.141. The first-order valence-electron chi connectivity index (χ1n) is 5.43. The van der Waals surface area contributed by atoms with Crippen LogP contribution in [0.1, 0.15) is 12.0 Å². The number of hydrogen-bond donors (Lipinski definition) is 1. The fourth-order valence-electron chi connectivity index (χ4n) is 2.82. The lowest BCUT2D eigenvalue weighted by atomic mass is 10.0. The summed E-state index contributed by atoms with van der Waals surface area (Å²) in [7, 11) is 0. The molecule has 1 fully saturated rings. The molecular formula is C12H12FNO2. The number of carboxylic acids is 1. The van der Waals surface area contributed by atoms with E-state index in [9.17, 15) is 9.18 Å².